The van der Waals surface area contributed by atoms with E-state index in [9.17, 15) is 22.8 Å². The first-order valence-electron chi connectivity index (χ1n) is 7.46. The van der Waals surface area contributed by atoms with Crippen molar-refractivity contribution in [1.82, 2.24) is 20.3 Å². The normalized spacial score (nSPS) is 11.5. The number of benzene rings is 1. The number of nitrogens with zero attached hydrogens (tertiary/aromatic N) is 1. The van der Waals surface area contributed by atoms with Crippen molar-refractivity contribution in [3.05, 3.63) is 58.1 Å². The summed E-state index contributed by atoms with van der Waals surface area (Å²) in [6, 6.07) is 9.11. The first-order chi connectivity index (χ1) is 12.3. The monoisotopic (exact) mass is 366 g/mol. The van der Waals surface area contributed by atoms with E-state index in [1.54, 1.807) is 18.2 Å². The Morgan fingerprint density at radius 2 is 1.92 bits per heavy atom. The molecule has 2 aromatic heterocycles. The van der Waals surface area contributed by atoms with Crippen LogP contribution in [0.1, 0.15) is 16.1 Å². The molecule has 0 radical (unpaired) electrons. The van der Waals surface area contributed by atoms with Gasteiger partial charge in [-0.1, -0.05) is 12.1 Å². The molecular formula is C16H13F3N4O3. The van der Waals surface area contributed by atoms with Crippen LogP contribution in [0.3, 0.4) is 0 Å². The molecule has 0 aliphatic heterocycles. The zero-order chi connectivity index (χ0) is 18.7. The molecule has 0 bridgehead atoms. The second-order valence-corrected chi connectivity index (χ2v) is 5.36. The molecule has 3 N–H and O–H groups in total. The number of amides is 1. The summed E-state index contributed by atoms with van der Waals surface area (Å²) < 4.78 is 41.1. The Labute approximate surface area is 144 Å². The maximum absolute atomic E-state index is 12.3. The molecule has 0 saturated heterocycles. The van der Waals surface area contributed by atoms with Gasteiger partial charge in [-0.2, -0.15) is 13.2 Å². The van der Waals surface area contributed by atoms with Crippen LogP contribution >= 0.6 is 0 Å². The highest BCUT2D eigenvalue weighted by molar-refractivity contribution is 6.04. The van der Waals surface area contributed by atoms with Crippen LogP contribution in [0.5, 0.6) is 5.88 Å². The Morgan fingerprint density at radius 1 is 1.15 bits per heavy atom. The van der Waals surface area contributed by atoms with Crippen molar-refractivity contribution >= 4 is 16.9 Å². The van der Waals surface area contributed by atoms with E-state index in [0.29, 0.717) is 16.7 Å². The third-order valence-corrected chi connectivity index (χ3v) is 3.39. The quantitative estimate of drug-likeness (QED) is 0.644. The largest absolute Gasteiger partial charge is 0.468 e. The predicted octanol–water partition coefficient (Wildman–Crippen LogP) is 2.12. The lowest BCUT2D eigenvalue weighted by Gasteiger charge is -2.10. The second-order valence-electron chi connectivity index (χ2n) is 5.36. The number of hydrogen-bond donors (Lipinski definition) is 3. The minimum Gasteiger partial charge on any atom is -0.468 e. The lowest BCUT2D eigenvalue weighted by molar-refractivity contribution is -0.154. The van der Waals surface area contributed by atoms with E-state index in [0.717, 1.165) is 0 Å². The fourth-order valence-corrected chi connectivity index (χ4v) is 2.31. The fraction of sp³-hybridized carbons (Fsp3) is 0.188. The van der Waals surface area contributed by atoms with Gasteiger partial charge in [0, 0.05) is 6.07 Å². The van der Waals surface area contributed by atoms with E-state index in [-0.39, 0.29) is 18.0 Å². The van der Waals surface area contributed by atoms with E-state index in [1.807, 2.05) is 0 Å². The molecule has 0 atom stereocenters. The van der Waals surface area contributed by atoms with Crippen molar-refractivity contribution in [2.24, 2.45) is 0 Å². The van der Waals surface area contributed by atoms with Gasteiger partial charge in [-0.3, -0.25) is 4.79 Å². The molecule has 0 saturated carbocycles. The molecule has 0 aliphatic carbocycles. The lowest BCUT2D eigenvalue weighted by Crippen LogP contribution is -2.24. The van der Waals surface area contributed by atoms with Crippen LogP contribution in [0.15, 0.2) is 41.2 Å². The number of alkyl halides is 3. The van der Waals surface area contributed by atoms with Crippen LogP contribution in [0.2, 0.25) is 0 Å². The number of nitrogens with one attached hydrogen (secondary N) is 3. The predicted molar refractivity (Wildman–Crippen MR) is 85.9 cm³/mol. The smallest absolute Gasteiger partial charge is 0.422 e. The van der Waals surface area contributed by atoms with Crippen molar-refractivity contribution in [1.29, 1.82) is 0 Å². The molecule has 0 fully saturated rings. The number of imidazole rings is 1. The summed E-state index contributed by atoms with van der Waals surface area (Å²) in [4.78, 5) is 32.7. The minimum absolute atomic E-state index is 0.0207. The number of carbonyl (C=O) groups is 1. The Bertz CT molecular complexity index is 994. The minimum atomic E-state index is -4.46. The Hall–Kier alpha value is -3.30. The van der Waals surface area contributed by atoms with E-state index < -0.39 is 24.4 Å². The van der Waals surface area contributed by atoms with Gasteiger partial charge < -0.3 is 20.0 Å². The highest BCUT2D eigenvalue weighted by Gasteiger charge is 2.28. The Morgan fingerprint density at radius 3 is 2.69 bits per heavy atom. The summed E-state index contributed by atoms with van der Waals surface area (Å²) in [7, 11) is 0. The zero-order valence-corrected chi connectivity index (χ0v) is 13.2. The van der Waals surface area contributed by atoms with Crippen LogP contribution in [0, 0.1) is 0 Å². The number of aromatic amines is 2. The molecule has 0 aliphatic rings. The van der Waals surface area contributed by atoms with Crippen molar-refractivity contribution in [3.8, 4) is 5.88 Å². The van der Waals surface area contributed by atoms with Crippen molar-refractivity contribution in [2.75, 3.05) is 6.61 Å². The Balaban J connectivity index is 1.68. The fourth-order valence-electron chi connectivity index (χ4n) is 2.31. The van der Waals surface area contributed by atoms with E-state index in [2.05, 4.69) is 25.0 Å². The van der Waals surface area contributed by atoms with Gasteiger partial charge in [0.1, 0.15) is 0 Å². The molecule has 7 nitrogen and oxygen atoms in total. The first kappa shape index (κ1) is 17.5. The van der Waals surface area contributed by atoms with Crippen LogP contribution in [0.25, 0.3) is 11.0 Å². The van der Waals surface area contributed by atoms with E-state index in [1.165, 1.54) is 18.2 Å². The number of ether oxygens (including phenoxy) is 1. The summed E-state index contributed by atoms with van der Waals surface area (Å²) in [5, 5.41) is 2.60. The van der Waals surface area contributed by atoms with Gasteiger partial charge in [-0.25, -0.2) is 9.78 Å². The third kappa shape index (κ3) is 4.21. The van der Waals surface area contributed by atoms with Gasteiger partial charge in [-0.05, 0) is 18.2 Å². The van der Waals surface area contributed by atoms with Gasteiger partial charge >= 0.3 is 11.9 Å². The van der Waals surface area contributed by atoms with Crippen LogP contribution in [-0.4, -0.2) is 33.6 Å². The summed E-state index contributed by atoms with van der Waals surface area (Å²) in [5.74, 6) is -0.652. The van der Waals surface area contributed by atoms with E-state index >= 15 is 0 Å². The molecule has 136 valence electrons. The maximum Gasteiger partial charge on any atom is 0.422 e. The number of aromatic nitrogens is 3. The molecular weight excluding hydrogens is 353 g/mol. The molecule has 3 rings (SSSR count). The van der Waals surface area contributed by atoms with E-state index in [4.69, 9.17) is 0 Å². The highest BCUT2D eigenvalue weighted by Crippen LogP contribution is 2.17. The van der Waals surface area contributed by atoms with Gasteiger partial charge in [0.05, 0.1) is 28.8 Å². The zero-order valence-electron chi connectivity index (χ0n) is 13.2. The summed E-state index contributed by atoms with van der Waals surface area (Å²) in [6.07, 6.45) is -4.46. The van der Waals surface area contributed by atoms with Gasteiger partial charge in [-0.15, -0.1) is 0 Å². The molecule has 1 aromatic carbocycles. The summed E-state index contributed by atoms with van der Waals surface area (Å²) in [5.41, 5.74) is 1.00. The number of carbonyl (C=O) groups excluding carboxylic acids is 1. The number of H-pyrrole nitrogens is 2. The van der Waals surface area contributed by atoms with Gasteiger partial charge in [0.2, 0.25) is 5.88 Å². The molecule has 0 unspecified atom stereocenters. The Kier molecular flexibility index (Phi) is 4.65. The standard InChI is InChI=1S/C16H13F3N4O3/c17-16(18,19)8-26-12-6-1-3-9(21-12)7-20-14(24)10-4-2-5-11-13(10)23-15(25)22-11/h1-6H,7-8H2,(H,20,24)(H2,22,23,25). The average molecular weight is 366 g/mol. The highest BCUT2D eigenvalue weighted by atomic mass is 19.4. The van der Waals surface area contributed by atoms with Gasteiger partial charge in [0.25, 0.3) is 5.91 Å². The number of rotatable bonds is 5. The summed E-state index contributed by atoms with van der Waals surface area (Å²) in [6.45, 7) is -1.47. The van der Waals surface area contributed by atoms with Crippen molar-refractivity contribution < 1.29 is 22.7 Å². The SMILES string of the molecule is O=C(NCc1cccc(OCC(F)(F)F)n1)c1cccc2[nH]c(=O)[nH]c12. The molecule has 2 heterocycles. The topological polar surface area (TPSA) is 99.9 Å². The maximum atomic E-state index is 12.3. The molecule has 0 spiro atoms. The van der Waals surface area contributed by atoms with Crippen LogP contribution in [-0.2, 0) is 6.54 Å². The number of pyridine rings is 1. The summed E-state index contributed by atoms with van der Waals surface area (Å²) >= 11 is 0. The van der Waals surface area contributed by atoms with Crippen molar-refractivity contribution in [3.63, 3.8) is 0 Å². The van der Waals surface area contributed by atoms with Crippen LogP contribution < -0.4 is 15.7 Å². The number of fused-ring (bicyclic) bond motifs is 1. The van der Waals surface area contributed by atoms with Crippen LogP contribution in [0.4, 0.5) is 13.2 Å². The van der Waals surface area contributed by atoms with Crippen molar-refractivity contribution in [2.45, 2.75) is 12.7 Å². The molecule has 26 heavy (non-hydrogen) atoms. The number of para-hydroxylation sites is 1. The third-order valence-electron chi connectivity index (χ3n) is 3.39. The molecule has 1 amide bonds. The number of hydrogen-bond acceptors (Lipinski definition) is 4. The average Bonchev–Trinajstić information content (AvgIpc) is 2.97. The second kappa shape index (κ2) is 6.90. The molecule has 10 heteroatoms. The lowest BCUT2D eigenvalue weighted by atomic mass is 10.1. The molecule has 3 aromatic rings. The number of halogens is 3. The first-order valence-corrected chi connectivity index (χ1v) is 7.46. The van der Waals surface area contributed by atoms with Gasteiger partial charge in [0.15, 0.2) is 6.61 Å².